The van der Waals surface area contributed by atoms with Gasteiger partial charge in [-0.3, -0.25) is 4.39 Å². The maximum atomic E-state index is 11.5. The molecular formula is C8H17FO. The zero-order valence-electron chi connectivity index (χ0n) is 6.74. The molecule has 0 amide bonds. The van der Waals surface area contributed by atoms with Crippen molar-refractivity contribution < 1.29 is 9.13 Å². The van der Waals surface area contributed by atoms with Crippen LogP contribution in [0.25, 0.3) is 0 Å². The third-order valence-corrected chi connectivity index (χ3v) is 1.31. The van der Waals surface area contributed by atoms with Crippen LogP contribution in [0.5, 0.6) is 0 Å². The Morgan fingerprint density at radius 3 is 2.40 bits per heavy atom. The molecule has 0 aromatic rings. The normalized spacial score (nSPS) is 10.2. The molecule has 62 valence electrons. The Kier molecular flexibility index (Phi) is 8.79. The maximum Gasteiger partial charge on any atom is 0.0895 e. The highest BCUT2D eigenvalue weighted by Crippen LogP contribution is 1.93. The summed E-state index contributed by atoms with van der Waals surface area (Å²) < 4.78 is 16.7. The van der Waals surface area contributed by atoms with Gasteiger partial charge in [-0.25, -0.2) is 0 Å². The Morgan fingerprint density at radius 2 is 1.80 bits per heavy atom. The summed E-state index contributed by atoms with van der Waals surface area (Å²) >= 11 is 0. The molecule has 0 rings (SSSR count). The molecule has 0 aromatic carbocycles. The van der Waals surface area contributed by atoms with Crippen molar-refractivity contribution in [1.29, 1.82) is 0 Å². The van der Waals surface area contributed by atoms with E-state index in [1.807, 2.05) is 0 Å². The molecule has 0 spiro atoms. The fourth-order valence-corrected chi connectivity index (χ4v) is 0.647. The molecular weight excluding hydrogens is 131 g/mol. The maximum absolute atomic E-state index is 11.5. The van der Waals surface area contributed by atoms with E-state index in [0.717, 1.165) is 26.1 Å². The first-order valence-electron chi connectivity index (χ1n) is 4.05. The smallest absolute Gasteiger partial charge is 0.0895 e. The van der Waals surface area contributed by atoms with Gasteiger partial charge >= 0.3 is 0 Å². The molecule has 0 heterocycles. The topological polar surface area (TPSA) is 9.23 Å². The summed E-state index contributed by atoms with van der Waals surface area (Å²) in [6, 6.07) is 0. The minimum absolute atomic E-state index is 0.211. The van der Waals surface area contributed by atoms with E-state index >= 15 is 0 Å². The third kappa shape index (κ3) is 7.89. The van der Waals surface area contributed by atoms with Crippen molar-refractivity contribution in [2.75, 3.05) is 19.9 Å². The van der Waals surface area contributed by atoms with Gasteiger partial charge in [0.15, 0.2) is 0 Å². The quantitative estimate of drug-likeness (QED) is 0.504. The second-order valence-corrected chi connectivity index (χ2v) is 2.36. The van der Waals surface area contributed by atoms with Gasteiger partial charge in [-0.1, -0.05) is 13.3 Å². The molecule has 2 heteroatoms. The van der Waals surface area contributed by atoms with Crippen molar-refractivity contribution in [1.82, 2.24) is 0 Å². The molecule has 10 heavy (non-hydrogen) atoms. The van der Waals surface area contributed by atoms with Crippen molar-refractivity contribution in [3.63, 3.8) is 0 Å². The lowest BCUT2D eigenvalue weighted by atomic mass is 10.3. The van der Waals surface area contributed by atoms with Gasteiger partial charge in [0.05, 0.1) is 6.67 Å². The van der Waals surface area contributed by atoms with Crippen LogP contribution in [0.4, 0.5) is 4.39 Å². The van der Waals surface area contributed by atoms with E-state index in [1.165, 1.54) is 6.42 Å². The first-order valence-corrected chi connectivity index (χ1v) is 4.05. The SMILES string of the molecule is CCCCOCCCCF. The fourth-order valence-electron chi connectivity index (χ4n) is 0.647. The van der Waals surface area contributed by atoms with Gasteiger partial charge in [-0.05, 0) is 19.3 Å². The van der Waals surface area contributed by atoms with Crippen molar-refractivity contribution in [3.8, 4) is 0 Å². The summed E-state index contributed by atoms with van der Waals surface area (Å²) in [6.07, 6.45) is 3.80. The Balaban J connectivity index is 2.65. The van der Waals surface area contributed by atoms with Gasteiger partial charge in [0, 0.05) is 13.2 Å². The summed E-state index contributed by atoms with van der Waals surface area (Å²) in [6.45, 7) is 3.48. The lowest BCUT2D eigenvalue weighted by molar-refractivity contribution is 0.126. The second-order valence-electron chi connectivity index (χ2n) is 2.36. The lowest BCUT2D eigenvalue weighted by Gasteiger charge is -2.00. The predicted molar refractivity (Wildman–Crippen MR) is 40.9 cm³/mol. The van der Waals surface area contributed by atoms with Crippen LogP contribution < -0.4 is 0 Å². The number of ether oxygens (including phenoxy) is 1. The van der Waals surface area contributed by atoms with E-state index in [2.05, 4.69) is 6.92 Å². The fraction of sp³-hybridized carbons (Fsp3) is 1.00. The van der Waals surface area contributed by atoms with Crippen LogP contribution in [0, 0.1) is 0 Å². The third-order valence-electron chi connectivity index (χ3n) is 1.31. The summed E-state index contributed by atoms with van der Waals surface area (Å²) in [5, 5.41) is 0. The number of rotatable bonds is 7. The molecule has 0 saturated carbocycles. The van der Waals surface area contributed by atoms with Crippen LogP contribution >= 0.6 is 0 Å². The molecule has 0 aliphatic carbocycles. The summed E-state index contributed by atoms with van der Waals surface area (Å²) in [4.78, 5) is 0. The van der Waals surface area contributed by atoms with Gasteiger partial charge in [0.25, 0.3) is 0 Å². The standard InChI is InChI=1S/C8H17FO/c1-2-3-7-10-8-5-4-6-9/h2-8H2,1H3. The highest BCUT2D eigenvalue weighted by atomic mass is 19.1. The summed E-state index contributed by atoms with van der Waals surface area (Å²) in [5.74, 6) is 0. The molecule has 0 bridgehead atoms. The number of hydrogen-bond donors (Lipinski definition) is 0. The minimum atomic E-state index is -0.211. The molecule has 0 unspecified atom stereocenters. The summed E-state index contributed by atoms with van der Waals surface area (Å²) in [5.41, 5.74) is 0. The predicted octanol–water partition coefficient (Wildman–Crippen LogP) is 2.55. The molecule has 0 atom stereocenters. The largest absolute Gasteiger partial charge is 0.381 e. The number of halogens is 1. The van der Waals surface area contributed by atoms with Crippen molar-refractivity contribution in [2.24, 2.45) is 0 Å². The zero-order valence-corrected chi connectivity index (χ0v) is 6.74. The minimum Gasteiger partial charge on any atom is -0.381 e. The monoisotopic (exact) mass is 148 g/mol. The van der Waals surface area contributed by atoms with Gasteiger partial charge in [-0.15, -0.1) is 0 Å². The van der Waals surface area contributed by atoms with Crippen molar-refractivity contribution in [2.45, 2.75) is 32.6 Å². The molecule has 0 aromatic heterocycles. The van der Waals surface area contributed by atoms with Crippen molar-refractivity contribution >= 4 is 0 Å². The van der Waals surface area contributed by atoms with Gasteiger partial charge in [0.2, 0.25) is 0 Å². The van der Waals surface area contributed by atoms with E-state index in [-0.39, 0.29) is 6.67 Å². The van der Waals surface area contributed by atoms with Crippen LogP contribution in [0.15, 0.2) is 0 Å². The van der Waals surface area contributed by atoms with Gasteiger partial charge < -0.3 is 4.74 Å². The molecule has 0 N–H and O–H groups in total. The summed E-state index contributed by atoms with van der Waals surface area (Å²) in [7, 11) is 0. The Morgan fingerprint density at radius 1 is 1.10 bits per heavy atom. The number of hydrogen-bond acceptors (Lipinski definition) is 1. The van der Waals surface area contributed by atoms with E-state index in [1.54, 1.807) is 0 Å². The molecule has 0 aliphatic rings. The Bertz CT molecular complexity index is 49.2. The Hall–Kier alpha value is -0.110. The van der Waals surface area contributed by atoms with Crippen LogP contribution in [0.2, 0.25) is 0 Å². The molecule has 0 aliphatic heterocycles. The average Bonchev–Trinajstić information content (AvgIpc) is 1.97. The molecule has 1 nitrogen and oxygen atoms in total. The van der Waals surface area contributed by atoms with E-state index < -0.39 is 0 Å². The highest BCUT2D eigenvalue weighted by Gasteiger charge is 1.87. The molecule has 0 radical (unpaired) electrons. The first kappa shape index (κ1) is 9.89. The first-order chi connectivity index (χ1) is 4.91. The van der Waals surface area contributed by atoms with Crippen LogP contribution in [-0.4, -0.2) is 19.9 Å². The van der Waals surface area contributed by atoms with E-state index in [4.69, 9.17) is 4.74 Å². The van der Waals surface area contributed by atoms with Gasteiger partial charge in [-0.2, -0.15) is 0 Å². The lowest BCUT2D eigenvalue weighted by Crippen LogP contribution is -1.96. The van der Waals surface area contributed by atoms with Crippen LogP contribution in [0.3, 0.4) is 0 Å². The van der Waals surface area contributed by atoms with Crippen LogP contribution in [-0.2, 0) is 4.74 Å². The van der Waals surface area contributed by atoms with Gasteiger partial charge in [0.1, 0.15) is 0 Å². The van der Waals surface area contributed by atoms with E-state index in [0.29, 0.717) is 6.42 Å². The Labute approximate surface area is 62.6 Å². The number of unbranched alkanes of at least 4 members (excludes halogenated alkanes) is 2. The average molecular weight is 148 g/mol. The van der Waals surface area contributed by atoms with Crippen LogP contribution in [0.1, 0.15) is 32.6 Å². The zero-order chi connectivity index (χ0) is 7.66. The highest BCUT2D eigenvalue weighted by molar-refractivity contribution is 4.37. The molecule has 0 saturated heterocycles. The van der Waals surface area contributed by atoms with E-state index in [9.17, 15) is 4.39 Å². The molecule has 0 fully saturated rings. The number of alkyl halides is 1. The second kappa shape index (κ2) is 8.89. The van der Waals surface area contributed by atoms with Crippen molar-refractivity contribution in [3.05, 3.63) is 0 Å².